The van der Waals surface area contributed by atoms with E-state index in [4.69, 9.17) is 21.1 Å². The van der Waals surface area contributed by atoms with Crippen molar-refractivity contribution in [2.75, 3.05) is 20.0 Å². The molecule has 0 aliphatic rings. The van der Waals surface area contributed by atoms with Crippen LogP contribution in [0.1, 0.15) is 10.4 Å². The lowest BCUT2D eigenvalue weighted by Crippen LogP contribution is -2.07. The zero-order valence-corrected chi connectivity index (χ0v) is 13.3. The van der Waals surface area contributed by atoms with Gasteiger partial charge in [0, 0.05) is 9.92 Å². The zero-order chi connectivity index (χ0) is 15.2. The lowest BCUT2D eigenvalue weighted by Gasteiger charge is -2.11. The number of thioether (sulfide) groups is 1. The van der Waals surface area contributed by atoms with Crippen molar-refractivity contribution in [1.82, 2.24) is 0 Å². The van der Waals surface area contributed by atoms with Crippen molar-refractivity contribution in [3.63, 3.8) is 0 Å². The van der Waals surface area contributed by atoms with Crippen LogP contribution in [0.4, 0.5) is 0 Å². The van der Waals surface area contributed by atoms with Crippen LogP contribution in [0, 0.1) is 0 Å². The van der Waals surface area contributed by atoms with Crippen LogP contribution in [0.2, 0.25) is 5.02 Å². The molecule has 110 valence electrons. The number of halogens is 1. The lowest BCUT2D eigenvalue weighted by molar-refractivity contribution is 0.101. The summed E-state index contributed by atoms with van der Waals surface area (Å²) in [4.78, 5) is 13.4. The number of hydrogen-bond acceptors (Lipinski definition) is 4. The van der Waals surface area contributed by atoms with Crippen LogP contribution in [0.5, 0.6) is 11.5 Å². The van der Waals surface area contributed by atoms with Gasteiger partial charge in [0.2, 0.25) is 0 Å². The van der Waals surface area contributed by atoms with E-state index in [-0.39, 0.29) is 11.5 Å². The Labute approximate surface area is 133 Å². The fourth-order valence-corrected chi connectivity index (χ4v) is 2.99. The molecule has 0 bridgehead atoms. The van der Waals surface area contributed by atoms with E-state index in [0.29, 0.717) is 22.1 Å². The van der Waals surface area contributed by atoms with E-state index in [1.54, 1.807) is 24.3 Å². The smallest absolute Gasteiger partial charge is 0.180 e. The first-order chi connectivity index (χ1) is 10.2. The van der Waals surface area contributed by atoms with Crippen molar-refractivity contribution < 1.29 is 14.3 Å². The highest BCUT2D eigenvalue weighted by atomic mass is 35.5. The predicted octanol–water partition coefficient (Wildman–Crippen LogP) is 4.33. The molecule has 2 aromatic carbocycles. The van der Waals surface area contributed by atoms with Gasteiger partial charge in [-0.2, -0.15) is 0 Å². The van der Waals surface area contributed by atoms with Crippen molar-refractivity contribution >= 4 is 29.1 Å². The molecule has 0 spiro atoms. The summed E-state index contributed by atoms with van der Waals surface area (Å²) in [5, 5.41) is 0.655. The molecule has 0 aliphatic carbocycles. The number of methoxy groups -OCH3 is 2. The van der Waals surface area contributed by atoms with Gasteiger partial charge in [-0.3, -0.25) is 4.79 Å². The molecule has 0 N–H and O–H groups in total. The second kappa shape index (κ2) is 7.38. The van der Waals surface area contributed by atoms with Crippen LogP contribution in [0.15, 0.2) is 47.4 Å². The van der Waals surface area contributed by atoms with Crippen molar-refractivity contribution in [2.24, 2.45) is 0 Å². The summed E-state index contributed by atoms with van der Waals surface area (Å²) in [6, 6.07) is 12.7. The normalized spacial score (nSPS) is 10.2. The summed E-state index contributed by atoms with van der Waals surface area (Å²) in [5.74, 6) is 1.28. The van der Waals surface area contributed by atoms with E-state index < -0.39 is 0 Å². The summed E-state index contributed by atoms with van der Waals surface area (Å²) in [6.07, 6.45) is 0. The Bertz CT molecular complexity index is 621. The molecule has 2 rings (SSSR count). The Morgan fingerprint density at radius 3 is 2.29 bits per heavy atom. The van der Waals surface area contributed by atoms with Gasteiger partial charge in [-0.15, -0.1) is 11.8 Å². The van der Waals surface area contributed by atoms with Gasteiger partial charge in [0.25, 0.3) is 0 Å². The third-order valence-electron chi connectivity index (χ3n) is 2.87. The molecule has 0 saturated carbocycles. The van der Waals surface area contributed by atoms with Gasteiger partial charge in [-0.1, -0.05) is 23.7 Å². The van der Waals surface area contributed by atoms with E-state index in [0.717, 1.165) is 4.90 Å². The molecule has 0 heterocycles. The molecule has 0 aromatic heterocycles. The van der Waals surface area contributed by atoms with E-state index in [9.17, 15) is 4.79 Å². The van der Waals surface area contributed by atoms with Crippen LogP contribution in [0.3, 0.4) is 0 Å². The SMILES string of the molecule is COc1cccc(OC)c1C(=O)CSc1cccc(Cl)c1. The number of carbonyl (C=O) groups is 1. The Morgan fingerprint density at radius 1 is 1.10 bits per heavy atom. The van der Waals surface area contributed by atoms with Crippen molar-refractivity contribution in [1.29, 1.82) is 0 Å². The molecule has 5 heteroatoms. The number of ether oxygens (including phenoxy) is 2. The highest BCUT2D eigenvalue weighted by molar-refractivity contribution is 8.00. The number of hydrogen-bond donors (Lipinski definition) is 0. The Balaban J connectivity index is 2.17. The first-order valence-electron chi connectivity index (χ1n) is 6.28. The molecule has 0 saturated heterocycles. The standard InChI is InChI=1S/C16H15ClO3S/c1-19-14-7-4-8-15(20-2)16(14)13(18)10-21-12-6-3-5-11(17)9-12/h3-9H,10H2,1-2H3. The highest BCUT2D eigenvalue weighted by Gasteiger charge is 2.18. The zero-order valence-electron chi connectivity index (χ0n) is 11.8. The van der Waals surface area contributed by atoms with Crippen molar-refractivity contribution in [3.8, 4) is 11.5 Å². The Hall–Kier alpha value is -1.65. The number of ketones is 1. The van der Waals surface area contributed by atoms with Gasteiger partial charge in [-0.25, -0.2) is 0 Å². The lowest BCUT2D eigenvalue weighted by atomic mass is 10.1. The maximum Gasteiger partial charge on any atom is 0.180 e. The first kappa shape index (κ1) is 15.7. The van der Waals surface area contributed by atoms with Gasteiger partial charge in [0.15, 0.2) is 5.78 Å². The fraction of sp³-hybridized carbons (Fsp3) is 0.188. The van der Waals surface area contributed by atoms with E-state index in [2.05, 4.69) is 0 Å². The maximum atomic E-state index is 12.4. The quantitative estimate of drug-likeness (QED) is 0.585. The molecule has 0 amide bonds. The molecule has 0 aliphatic heterocycles. The molecule has 0 atom stereocenters. The van der Waals surface area contributed by atoms with E-state index in [1.807, 2.05) is 18.2 Å². The summed E-state index contributed by atoms with van der Waals surface area (Å²) in [7, 11) is 3.07. The molecular formula is C16H15ClO3S. The summed E-state index contributed by atoms with van der Waals surface area (Å²) >= 11 is 7.37. The second-order valence-electron chi connectivity index (χ2n) is 4.21. The second-order valence-corrected chi connectivity index (χ2v) is 5.69. The van der Waals surface area contributed by atoms with E-state index in [1.165, 1.54) is 26.0 Å². The van der Waals surface area contributed by atoms with Crippen LogP contribution >= 0.6 is 23.4 Å². The minimum Gasteiger partial charge on any atom is -0.496 e. The third-order valence-corrected chi connectivity index (χ3v) is 4.10. The van der Waals surface area contributed by atoms with Crippen LogP contribution < -0.4 is 9.47 Å². The number of rotatable bonds is 6. The van der Waals surface area contributed by atoms with Gasteiger partial charge in [-0.05, 0) is 30.3 Å². The van der Waals surface area contributed by atoms with Crippen molar-refractivity contribution in [2.45, 2.75) is 4.90 Å². The first-order valence-corrected chi connectivity index (χ1v) is 7.64. The van der Waals surface area contributed by atoms with Gasteiger partial charge in [0.05, 0.1) is 20.0 Å². The van der Waals surface area contributed by atoms with Crippen LogP contribution in [-0.4, -0.2) is 25.8 Å². The number of carbonyl (C=O) groups excluding carboxylic acids is 1. The minimum absolute atomic E-state index is 0.0470. The molecule has 0 fully saturated rings. The van der Waals surface area contributed by atoms with Gasteiger partial charge in [0.1, 0.15) is 17.1 Å². The highest BCUT2D eigenvalue weighted by Crippen LogP contribution is 2.31. The monoisotopic (exact) mass is 322 g/mol. The molecular weight excluding hydrogens is 308 g/mol. The van der Waals surface area contributed by atoms with Crippen molar-refractivity contribution in [3.05, 3.63) is 53.1 Å². The third kappa shape index (κ3) is 3.93. The fourth-order valence-electron chi connectivity index (χ4n) is 1.90. The molecule has 3 nitrogen and oxygen atoms in total. The number of Topliss-reactive ketones (excluding diaryl/α,β-unsaturated/α-hetero) is 1. The van der Waals surface area contributed by atoms with Gasteiger partial charge < -0.3 is 9.47 Å². The Morgan fingerprint density at radius 2 is 1.71 bits per heavy atom. The summed E-state index contributed by atoms with van der Waals surface area (Å²) in [6.45, 7) is 0. The summed E-state index contributed by atoms with van der Waals surface area (Å²) in [5.41, 5.74) is 0.469. The van der Waals surface area contributed by atoms with E-state index >= 15 is 0 Å². The molecule has 0 unspecified atom stereocenters. The predicted molar refractivity (Wildman–Crippen MR) is 86.1 cm³/mol. The molecule has 0 radical (unpaired) electrons. The average molecular weight is 323 g/mol. The number of benzene rings is 2. The minimum atomic E-state index is -0.0470. The largest absolute Gasteiger partial charge is 0.496 e. The van der Waals surface area contributed by atoms with Crippen LogP contribution in [0.25, 0.3) is 0 Å². The topological polar surface area (TPSA) is 35.5 Å². The molecule has 2 aromatic rings. The average Bonchev–Trinajstić information content (AvgIpc) is 2.51. The maximum absolute atomic E-state index is 12.4. The molecule has 21 heavy (non-hydrogen) atoms. The van der Waals surface area contributed by atoms with Crippen LogP contribution in [-0.2, 0) is 0 Å². The summed E-state index contributed by atoms with van der Waals surface area (Å²) < 4.78 is 10.5. The Kier molecular flexibility index (Phi) is 5.53. The van der Waals surface area contributed by atoms with Gasteiger partial charge >= 0.3 is 0 Å².